The predicted molar refractivity (Wildman–Crippen MR) is 123 cm³/mol. The molecule has 9 nitrogen and oxygen atoms in total. The van der Waals surface area contributed by atoms with Crippen LogP contribution in [0.4, 0.5) is 4.79 Å². The second kappa shape index (κ2) is 11.2. The van der Waals surface area contributed by atoms with Crippen LogP contribution in [0.1, 0.15) is 46.1 Å². The molecule has 0 aromatic heterocycles. The molecular weight excluding hydrogens is 454 g/mol. The minimum Gasteiger partial charge on any atom is -0.479 e. The third-order valence-electron chi connectivity index (χ3n) is 5.46. The lowest BCUT2D eigenvalue weighted by Gasteiger charge is -2.36. The van der Waals surface area contributed by atoms with Crippen LogP contribution in [-0.2, 0) is 42.0 Å². The highest BCUT2D eigenvalue weighted by Gasteiger charge is 2.54. The molecule has 0 radical (unpaired) electrons. The van der Waals surface area contributed by atoms with Crippen molar-refractivity contribution in [3.8, 4) is 0 Å². The largest absolute Gasteiger partial charge is 0.494 e. The minimum atomic E-state index is -1.22. The van der Waals surface area contributed by atoms with Crippen molar-refractivity contribution in [1.29, 1.82) is 0 Å². The first-order valence-electron chi connectivity index (χ1n) is 10.1. The van der Waals surface area contributed by atoms with E-state index < -0.39 is 36.2 Å². The quantitative estimate of drug-likeness (QED) is 0.263. The summed E-state index contributed by atoms with van der Waals surface area (Å²) in [5.41, 5.74) is 0.494. The summed E-state index contributed by atoms with van der Waals surface area (Å²) >= 11 is 4.67. The van der Waals surface area contributed by atoms with Gasteiger partial charge in [0, 0.05) is 20.8 Å². The van der Waals surface area contributed by atoms with Crippen LogP contribution < -0.4 is 16.1 Å². The normalized spacial score (nSPS) is 20.6. The lowest BCUT2D eigenvalue weighted by Crippen LogP contribution is -2.45. The lowest BCUT2D eigenvalue weighted by molar-refractivity contribution is -0.137. The fourth-order valence-electron chi connectivity index (χ4n) is 3.19. The molecule has 2 amide bonds. The third-order valence-corrected chi connectivity index (χ3v) is 6.66. The lowest BCUT2D eigenvalue weighted by atomic mass is 9.79. The van der Waals surface area contributed by atoms with E-state index in [1.807, 2.05) is 32.9 Å². The first kappa shape index (κ1) is 26.2. The highest BCUT2D eigenvalue weighted by molar-refractivity contribution is 7.97. The number of amides is 2. The van der Waals surface area contributed by atoms with Crippen LogP contribution in [0, 0.1) is 0 Å². The van der Waals surface area contributed by atoms with E-state index in [2.05, 4.69) is 22.4 Å². The number of benzene rings is 1. The number of carbonyl (C=O) groups is 3. The van der Waals surface area contributed by atoms with Gasteiger partial charge >= 0.3 is 19.2 Å². The second-order valence-corrected chi connectivity index (χ2v) is 9.56. The van der Waals surface area contributed by atoms with E-state index in [0.717, 1.165) is 23.9 Å². The van der Waals surface area contributed by atoms with Crippen molar-refractivity contribution in [3.63, 3.8) is 0 Å². The van der Waals surface area contributed by atoms with Crippen LogP contribution in [0.25, 0.3) is 0 Å². The summed E-state index contributed by atoms with van der Waals surface area (Å²) in [5.74, 6) is -2.46. The molecule has 32 heavy (non-hydrogen) atoms. The molecule has 2 atom stereocenters. The SMILES string of the molecule is CC(=O)NCCCC1(C)OB(c2ccc(COC(=O)NC(P=S)C(=O)O)cc2)OC1(C)C. The number of alkyl carbamates (subject to hydrolysis) is 1. The molecular formula is C20H28BN2O7PS. The molecule has 0 bridgehead atoms. The maximum atomic E-state index is 11.7. The number of carboxylic acid groups (broad SMARTS) is 1. The monoisotopic (exact) mass is 482 g/mol. The van der Waals surface area contributed by atoms with Gasteiger partial charge in [0.15, 0.2) is 5.78 Å². The highest BCUT2D eigenvalue weighted by atomic mass is 32.4. The Morgan fingerprint density at radius 1 is 1.22 bits per heavy atom. The smallest absolute Gasteiger partial charge is 0.479 e. The van der Waals surface area contributed by atoms with E-state index in [0.29, 0.717) is 6.54 Å². The molecule has 1 saturated heterocycles. The fraction of sp³-hybridized carbons (Fsp3) is 0.550. The van der Waals surface area contributed by atoms with E-state index in [1.54, 1.807) is 12.1 Å². The molecule has 1 aliphatic rings. The van der Waals surface area contributed by atoms with Crippen molar-refractivity contribution in [1.82, 2.24) is 10.6 Å². The van der Waals surface area contributed by atoms with Crippen LogP contribution in [0.2, 0.25) is 0 Å². The van der Waals surface area contributed by atoms with Crippen LogP contribution in [0.3, 0.4) is 0 Å². The van der Waals surface area contributed by atoms with Crippen molar-refractivity contribution < 1.29 is 33.5 Å². The Labute approximate surface area is 194 Å². The Morgan fingerprint density at radius 3 is 2.44 bits per heavy atom. The molecule has 0 saturated carbocycles. The van der Waals surface area contributed by atoms with Gasteiger partial charge in [0.1, 0.15) is 6.61 Å². The van der Waals surface area contributed by atoms with Gasteiger partial charge in [-0.05, 0) is 44.6 Å². The molecule has 174 valence electrons. The first-order valence-corrected chi connectivity index (χ1v) is 12.1. The van der Waals surface area contributed by atoms with E-state index in [-0.39, 0.29) is 19.9 Å². The summed E-state index contributed by atoms with van der Waals surface area (Å²) in [5, 5.41) is 13.9. The third kappa shape index (κ3) is 6.97. The van der Waals surface area contributed by atoms with Gasteiger partial charge in [-0.2, -0.15) is 0 Å². The topological polar surface area (TPSA) is 123 Å². The first-order chi connectivity index (χ1) is 15.0. The number of carbonyl (C=O) groups excluding carboxylic acids is 2. The standard InChI is InChI=1S/C20H28BN2O7PS/c1-13(24)22-11-5-10-20(4)19(2,3)29-21(30-20)15-8-6-14(7-9-15)12-28-18(27)23-16(31-32)17(25)26/h6-9,16H,5,10-12H2,1-4H3,(H,22,24)(H,23,27)(H,25,26). The number of rotatable bonds is 10. The van der Waals surface area contributed by atoms with Gasteiger partial charge in [0.05, 0.1) is 11.2 Å². The molecule has 3 N–H and O–H groups in total. The minimum absolute atomic E-state index is 0.0223. The number of ether oxygens (including phenoxy) is 1. The molecule has 1 fully saturated rings. The zero-order valence-corrected chi connectivity index (χ0v) is 20.3. The molecule has 1 aromatic carbocycles. The summed E-state index contributed by atoms with van der Waals surface area (Å²) in [6.07, 6.45) is 0.638. The van der Waals surface area contributed by atoms with Gasteiger partial charge in [-0.1, -0.05) is 36.1 Å². The van der Waals surface area contributed by atoms with Gasteiger partial charge in [-0.15, -0.1) is 0 Å². The van der Waals surface area contributed by atoms with Crippen LogP contribution in [0.15, 0.2) is 24.3 Å². The van der Waals surface area contributed by atoms with E-state index >= 15 is 0 Å². The summed E-state index contributed by atoms with van der Waals surface area (Å²) < 4.78 is 17.5. The number of nitrogens with one attached hydrogen (secondary N) is 2. The number of hydrogen-bond donors (Lipinski definition) is 3. The Balaban J connectivity index is 1.92. The summed E-state index contributed by atoms with van der Waals surface area (Å²) in [4.78, 5) is 33.7. The van der Waals surface area contributed by atoms with Crippen molar-refractivity contribution in [2.24, 2.45) is 0 Å². The molecule has 12 heteroatoms. The average Bonchev–Trinajstić information content (AvgIpc) is 2.97. The van der Waals surface area contributed by atoms with Gasteiger partial charge in [0.2, 0.25) is 5.91 Å². The molecule has 0 spiro atoms. The maximum Gasteiger partial charge on any atom is 0.494 e. The number of aliphatic carboxylic acids is 1. The Bertz CT molecular complexity index is 855. The second-order valence-electron chi connectivity index (χ2n) is 8.20. The van der Waals surface area contributed by atoms with Crippen molar-refractivity contribution in [2.75, 3.05) is 6.54 Å². The predicted octanol–water partition coefficient (Wildman–Crippen LogP) is 1.93. The van der Waals surface area contributed by atoms with Gasteiger partial charge in [-0.3, -0.25) is 10.1 Å². The van der Waals surface area contributed by atoms with Crippen LogP contribution >= 0.6 is 7.36 Å². The zero-order chi connectivity index (χ0) is 23.9. The van der Waals surface area contributed by atoms with Crippen LogP contribution in [0.5, 0.6) is 0 Å². The summed E-state index contributed by atoms with van der Waals surface area (Å²) in [7, 11) is -0.453. The fourth-order valence-corrected chi connectivity index (χ4v) is 3.86. The van der Waals surface area contributed by atoms with Crippen molar-refractivity contribution in [3.05, 3.63) is 29.8 Å². The Kier molecular flexibility index (Phi) is 9.15. The van der Waals surface area contributed by atoms with E-state index in [4.69, 9.17) is 19.2 Å². The maximum absolute atomic E-state index is 11.7. The Morgan fingerprint density at radius 2 is 1.88 bits per heavy atom. The van der Waals surface area contributed by atoms with Crippen LogP contribution in [-0.4, -0.2) is 53.7 Å². The molecule has 1 heterocycles. The van der Waals surface area contributed by atoms with E-state index in [1.165, 1.54) is 6.92 Å². The molecule has 2 unspecified atom stereocenters. The van der Waals surface area contributed by atoms with Gasteiger partial charge < -0.3 is 24.5 Å². The zero-order valence-electron chi connectivity index (χ0n) is 18.5. The number of carboxylic acids is 1. The molecule has 1 aliphatic heterocycles. The van der Waals surface area contributed by atoms with Gasteiger partial charge in [-0.25, -0.2) is 9.59 Å². The number of hydrogen-bond acceptors (Lipinski definition) is 7. The van der Waals surface area contributed by atoms with Gasteiger partial charge in [0.25, 0.3) is 0 Å². The van der Waals surface area contributed by atoms with Crippen molar-refractivity contribution >= 4 is 49.7 Å². The Hall–Kier alpha value is -2.07. The molecule has 0 aliphatic carbocycles. The highest BCUT2D eigenvalue weighted by Crippen LogP contribution is 2.40. The summed E-state index contributed by atoms with van der Waals surface area (Å²) in [6, 6.07) is 7.24. The molecule has 2 rings (SSSR count). The van der Waals surface area contributed by atoms with Crippen molar-refractivity contribution in [2.45, 2.75) is 64.1 Å². The molecule has 1 aromatic rings. The average molecular weight is 482 g/mol. The summed E-state index contributed by atoms with van der Waals surface area (Å²) in [6.45, 7) is 8.03. The van der Waals surface area contributed by atoms with E-state index in [9.17, 15) is 14.4 Å².